The van der Waals surface area contributed by atoms with Crippen LogP contribution in [0.2, 0.25) is 0 Å². The normalized spacial score (nSPS) is 12.3. The number of nitrogens with two attached hydrogens (primary N) is 2. The first-order chi connectivity index (χ1) is 4.72. The number of aliphatic hydroxyl groups is 1. The van der Waals surface area contributed by atoms with Crippen molar-refractivity contribution in [1.82, 2.24) is 4.90 Å². The van der Waals surface area contributed by atoms with E-state index in [2.05, 4.69) is 11.7 Å². The second-order valence-electron chi connectivity index (χ2n) is 1.85. The van der Waals surface area contributed by atoms with E-state index in [-0.39, 0.29) is 6.23 Å². The molecular formula is C6H19N3O. The van der Waals surface area contributed by atoms with Crippen LogP contribution in [-0.2, 0) is 0 Å². The van der Waals surface area contributed by atoms with Crippen LogP contribution in [0, 0.1) is 0 Å². The Morgan fingerprint density at radius 3 is 1.60 bits per heavy atom. The largest absolute Gasteiger partial charge is 0.379 e. The molecule has 0 aliphatic rings. The van der Waals surface area contributed by atoms with Crippen molar-refractivity contribution in [2.75, 3.05) is 13.1 Å². The summed E-state index contributed by atoms with van der Waals surface area (Å²) in [6.07, 6.45) is -0.287. The smallest absolute Gasteiger partial charge is 0.104 e. The topological polar surface area (TPSA) is 75.5 Å². The predicted octanol–water partition coefficient (Wildman–Crippen LogP) is -0.515. The SMILES string of the molecule is CCN(CC)C(C)O.NN. The molecule has 0 radical (unpaired) electrons. The van der Waals surface area contributed by atoms with Crippen LogP contribution >= 0.6 is 0 Å². The Hall–Kier alpha value is -0.160. The Kier molecular flexibility index (Phi) is 11.1. The maximum Gasteiger partial charge on any atom is 0.104 e. The highest BCUT2D eigenvalue weighted by molar-refractivity contribution is 4.49. The van der Waals surface area contributed by atoms with Crippen molar-refractivity contribution < 1.29 is 5.11 Å². The van der Waals surface area contributed by atoms with E-state index in [4.69, 9.17) is 5.11 Å². The molecule has 0 aromatic rings. The first kappa shape index (κ1) is 12.5. The standard InChI is InChI=1S/C6H15NO.H4N2/c1-4-7(5-2)6(3)8;1-2/h6,8H,4-5H2,1-3H3;1-2H2. The predicted molar refractivity (Wildman–Crippen MR) is 43.0 cm³/mol. The summed E-state index contributed by atoms with van der Waals surface area (Å²) in [7, 11) is 0. The monoisotopic (exact) mass is 149 g/mol. The average Bonchev–Trinajstić information content (AvgIpc) is 1.94. The fourth-order valence-corrected chi connectivity index (χ4v) is 0.752. The lowest BCUT2D eigenvalue weighted by atomic mass is 10.5. The summed E-state index contributed by atoms with van der Waals surface area (Å²) in [6, 6.07) is 0. The summed E-state index contributed by atoms with van der Waals surface area (Å²) >= 11 is 0. The highest BCUT2D eigenvalue weighted by Crippen LogP contribution is 1.91. The molecule has 4 heteroatoms. The van der Waals surface area contributed by atoms with Crippen LogP contribution in [0.5, 0.6) is 0 Å². The quantitative estimate of drug-likeness (QED) is 0.287. The zero-order chi connectivity index (χ0) is 8.57. The molecule has 0 saturated carbocycles. The molecule has 0 aromatic heterocycles. The molecule has 0 heterocycles. The molecule has 0 aliphatic carbocycles. The van der Waals surface area contributed by atoms with E-state index in [0.717, 1.165) is 13.1 Å². The van der Waals surface area contributed by atoms with Crippen molar-refractivity contribution in [2.45, 2.75) is 27.0 Å². The summed E-state index contributed by atoms with van der Waals surface area (Å²) in [4.78, 5) is 1.97. The minimum Gasteiger partial charge on any atom is -0.379 e. The molecule has 1 atom stereocenters. The molecule has 0 amide bonds. The van der Waals surface area contributed by atoms with Gasteiger partial charge in [0, 0.05) is 0 Å². The van der Waals surface area contributed by atoms with Gasteiger partial charge >= 0.3 is 0 Å². The molecule has 64 valence electrons. The Balaban J connectivity index is 0. The zero-order valence-corrected chi connectivity index (χ0v) is 7.04. The van der Waals surface area contributed by atoms with Gasteiger partial charge in [-0.2, -0.15) is 0 Å². The van der Waals surface area contributed by atoms with Crippen LogP contribution in [0.1, 0.15) is 20.8 Å². The molecule has 0 aliphatic heterocycles. The van der Waals surface area contributed by atoms with Crippen molar-refractivity contribution in [3.63, 3.8) is 0 Å². The molecule has 0 spiro atoms. The second-order valence-corrected chi connectivity index (χ2v) is 1.85. The van der Waals surface area contributed by atoms with E-state index in [0.29, 0.717) is 0 Å². The molecule has 0 aromatic carbocycles. The summed E-state index contributed by atoms with van der Waals surface area (Å²) in [5.74, 6) is 8.00. The highest BCUT2D eigenvalue weighted by atomic mass is 16.3. The lowest BCUT2D eigenvalue weighted by Crippen LogP contribution is -2.32. The summed E-state index contributed by atoms with van der Waals surface area (Å²) in [5, 5.41) is 8.94. The molecule has 1 unspecified atom stereocenters. The van der Waals surface area contributed by atoms with E-state index in [1.165, 1.54) is 0 Å². The molecule has 0 fully saturated rings. The van der Waals surface area contributed by atoms with Gasteiger partial charge in [0.15, 0.2) is 0 Å². The van der Waals surface area contributed by atoms with E-state index < -0.39 is 0 Å². The molecular weight excluding hydrogens is 130 g/mol. The highest BCUT2D eigenvalue weighted by Gasteiger charge is 2.02. The Morgan fingerprint density at radius 1 is 1.30 bits per heavy atom. The van der Waals surface area contributed by atoms with Gasteiger partial charge in [0.1, 0.15) is 6.23 Å². The van der Waals surface area contributed by atoms with Crippen LogP contribution in [0.4, 0.5) is 0 Å². The van der Waals surface area contributed by atoms with Crippen LogP contribution in [-0.4, -0.2) is 29.3 Å². The first-order valence-corrected chi connectivity index (χ1v) is 3.47. The Morgan fingerprint density at radius 2 is 1.60 bits per heavy atom. The average molecular weight is 149 g/mol. The lowest BCUT2D eigenvalue weighted by molar-refractivity contribution is 0.0265. The maximum absolute atomic E-state index is 8.94. The van der Waals surface area contributed by atoms with Crippen LogP contribution in [0.15, 0.2) is 0 Å². The summed E-state index contributed by atoms with van der Waals surface area (Å²) in [5.41, 5.74) is 0. The van der Waals surface area contributed by atoms with E-state index in [1.807, 2.05) is 18.7 Å². The van der Waals surface area contributed by atoms with Gasteiger partial charge in [-0.1, -0.05) is 13.8 Å². The summed E-state index contributed by atoms with van der Waals surface area (Å²) in [6.45, 7) is 7.71. The van der Waals surface area contributed by atoms with Gasteiger partial charge in [-0.15, -0.1) is 0 Å². The third-order valence-electron chi connectivity index (χ3n) is 1.34. The van der Waals surface area contributed by atoms with Crippen molar-refractivity contribution in [1.29, 1.82) is 0 Å². The minimum absolute atomic E-state index is 0.287. The third-order valence-corrected chi connectivity index (χ3v) is 1.34. The first-order valence-electron chi connectivity index (χ1n) is 3.47. The second kappa shape index (κ2) is 8.84. The maximum atomic E-state index is 8.94. The van der Waals surface area contributed by atoms with Crippen LogP contribution in [0.3, 0.4) is 0 Å². The summed E-state index contributed by atoms with van der Waals surface area (Å²) < 4.78 is 0. The van der Waals surface area contributed by atoms with Gasteiger partial charge < -0.3 is 5.11 Å². The van der Waals surface area contributed by atoms with Crippen molar-refractivity contribution in [2.24, 2.45) is 11.7 Å². The van der Waals surface area contributed by atoms with E-state index in [1.54, 1.807) is 6.92 Å². The number of aliphatic hydroxyl groups excluding tert-OH is 1. The number of rotatable bonds is 3. The minimum atomic E-state index is -0.287. The lowest BCUT2D eigenvalue weighted by Gasteiger charge is -2.20. The number of hydrazine groups is 1. The third kappa shape index (κ3) is 5.97. The van der Waals surface area contributed by atoms with Gasteiger partial charge in [0.05, 0.1) is 0 Å². The molecule has 10 heavy (non-hydrogen) atoms. The fourth-order valence-electron chi connectivity index (χ4n) is 0.752. The fraction of sp³-hybridized carbons (Fsp3) is 1.00. The zero-order valence-electron chi connectivity index (χ0n) is 7.04. The van der Waals surface area contributed by atoms with Crippen LogP contribution < -0.4 is 11.7 Å². The Bertz CT molecular complexity index is 55.0. The van der Waals surface area contributed by atoms with Gasteiger partial charge in [-0.25, -0.2) is 0 Å². The van der Waals surface area contributed by atoms with Crippen molar-refractivity contribution in [3.8, 4) is 0 Å². The van der Waals surface area contributed by atoms with Crippen molar-refractivity contribution >= 4 is 0 Å². The van der Waals surface area contributed by atoms with Crippen molar-refractivity contribution in [3.05, 3.63) is 0 Å². The van der Waals surface area contributed by atoms with Gasteiger partial charge in [-0.3, -0.25) is 16.6 Å². The molecule has 0 rings (SSSR count). The van der Waals surface area contributed by atoms with E-state index >= 15 is 0 Å². The number of hydrogen-bond acceptors (Lipinski definition) is 4. The number of hydrogen-bond donors (Lipinski definition) is 3. The molecule has 0 bridgehead atoms. The van der Waals surface area contributed by atoms with Gasteiger partial charge in [-0.05, 0) is 20.0 Å². The number of nitrogens with zero attached hydrogens (tertiary/aromatic N) is 1. The molecule has 5 N–H and O–H groups in total. The molecule has 4 nitrogen and oxygen atoms in total. The van der Waals surface area contributed by atoms with Gasteiger partial charge in [0.25, 0.3) is 0 Å². The van der Waals surface area contributed by atoms with E-state index in [9.17, 15) is 0 Å². The Labute approximate surface area is 62.8 Å². The van der Waals surface area contributed by atoms with Gasteiger partial charge in [0.2, 0.25) is 0 Å². The molecule has 0 saturated heterocycles. The van der Waals surface area contributed by atoms with Crippen LogP contribution in [0.25, 0.3) is 0 Å².